The van der Waals surface area contributed by atoms with Crippen molar-refractivity contribution < 1.29 is 36.8 Å². The van der Waals surface area contributed by atoms with E-state index in [1.54, 1.807) is 27.7 Å². The second-order valence-corrected chi connectivity index (χ2v) is 6.90. The van der Waals surface area contributed by atoms with Crippen molar-refractivity contribution in [1.29, 1.82) is 0 Å². The van der Waals surface area contributed by atoms with E-state index in [0.29, 0.717) is 6.07 Å². The first kappa shape index (κ1) is 20.4. The maximum Gasteiger partial charge on any atom is 0.494 e. The Hall–Kier alpha value is -1.91. The third-order valence-corrected chi connectivity index (χ3v) is 4.42. The zero-order chi connectivity index (χ0) is 19.9. The Labute approximate surface area is 148 Å². The van der Waals surface area contributed by atoms with Gasteiger partial charge in [0.05, 0.1) is 28.9 Å². The fraction of sp³-hybridized carbons (Fsp3) is 0.500. The first-order valence-electron chi connectivity index (χ1n) is 7.80. The first-order chi connectivity index (χ1) is 11.8. The number of carbonyl (C=O) groups is 2. The van der Waals surface area contributed by atoms with Crippen LogP contribution in [0.25, 0.3) is 0 Å². The lowest BCUT2D eigenvalue weighted by atomic mass is 9.77. The molecule has 1 aromatic rings. The number of halogens is 3. The molecule has 0 bridgehead atoms. The molecule has 0 spiro atoms. The van der Waals surface area contributed by atoms with Gasteiger partial charge in [0, 0.05) is 0 Å². The van der Waals surface area contributed by atoms with E-state index in [2.05, 4.69) is 4.74 Å². The molecule has 0 unspecified atom stereocenters. The van der Waals surface area contributed by atoms with Crippen molar-refractivity contribution in [2.24, 2.45) is 5.73 Å². The van der Waals surface area contributed by atoms with Crippen molar-refractivity contribution in [2.45, 2.75) is 45.1 Å². The third-order valence-electron chi connectivity index (χ3n) is 4.42. The highest BCUT2D eigenvalue weighted by molar-refractivity contribution is 6.62. The van der Waals surface area contributed by atoms with Gasteiger partial charge in [-0.3, -0.25) is 4.79 Å². The molecule has 2 N–H and O–H groups in total. The lowest BCUT2D eigenvalue weighted by Crippen LogP contribution is -2.41. The number of hydrogen-bond donors (Lipinski definition) is 1. The van der Waals surface area contributed by atoms with E-state index in [1.165, 1.54) is 0 Å². The monoisotopic (exact) mass is 373 g/mol. The Bertz CT molecular complexity index is 717. The van der Waals surface area contributed by atoms with E-state index in [-0.39, 0.29) is 5.46 Å². The summed E-state index contributed by atoms with van der Waals surface area (Å²) in [6.45, 7) is 6.41. The molecule has 0 saturated carbocycles. The van der Waals surface area contributed by atoms with Crippen molar-refractivity contribution in [3.63, 3.8) is 0 Å². The Morgan fingerprint density at radius 2 is 1.65 bits per heavy atom. The molecule has 1 aromatic carbocycles. The molecular weight excluding hydrogens is 354 g/mol. The van der Waals surface area contributed by atoms with Crippen molar-refractivity contribution in [2.75, 3.05) is 6.54 Å². The number of nitrogens with two attached hydrogens (primary N) is 1. The average Bonchev–Trinajstić information content (AvgIpc) is 2.74. The van der Waals surface area contributed by atoms with Crippen LogP contribution < -0.4 is 11.2 Å². The first-order valence-corrected chi connectivity index (χ1v) is 7.80. The summed E-state index contributed by atoms with van der Waals surface area (Å²) in [5.41, 5.74) is 1.94. The zero-order valence-electron chi connectivity index (χ0n) is 14.8. The van der Waals surface area contributed by atoms with Gasteiger partial charge in [0.15, 0.2) is 0 Å². The van der Waals surface area contributed by atoms with Gasteiger partial charge in [-0.25, -0.2) is 4.79 Å². The summed E-state index contributed by atoms with van der Waals surface area (Å²) in [4.78, 5) is 23.1. The topological polar surface area (TPSA) is 87.9 Å². The molecule has 0 aliphatic carbocycles. The van der Waals surface area contributed by atoms with E-state index >= 15 is 0 Å². The highest BCUT2D eigenvalue weighted by Gasteiger charge is 2.52. The molecule has 142 valence electrons. The number of ether oxygens (including phenoxy) is 1. The molecule has 1 heterocycles. The highest BCUT2D eigenvalue weighted by Crippen LogP contribution is 2.37. The minimum absolute atomic E-state index is 0.00868. The van der Waals surface area contributed by atoms with Gasteiger partial charge in [0.2, 0.25) is 0 Å². The largest absolute Gasteiger partial charge is 0.494 e. The summed E-state index contributed by atoms with van der Waals surface area (Å²) in [6, 6.07) is 2.58. The highest BCUT2D eigenvalue weighted by atomic mass is 19.4. The molecule has 2 rings (SSSR count). The number of esters is 2. The summed E-state index contributed by atoms with van der Waals surface area (Å²) in [6.07, 6.45) is -4.72. The van der Waals surface area contributed by atoms with Gasteiger partial charge in [-0.15, -0.1) is 0 Å². The fourth-order valence-electron chi connectivity index (χ4n) is 2.25. The molecule has 26 heavy (non-hydrogen) atoms. The molecule has 0 atom stereocenters. The predicted octanol–water partition coefficient (Wildman–Crippen LogP) is 1.65. The van der Waals surface area contributed by atoms with Crippen LogP contribution in [0.5, 0.6) is 0 Å². The molecule has 1 aliphatic heterocycles. The van der Waals surface area contributed by atoms with Gasteiger partial charge < -0.3 is 19.8 Å². The Balaban J connectivity index is 2.45. The van der Waals surface area contributed by atoms with Gasteiger partial charge in [0.25, 0.3) is 0 Å². The maximum atomic E-state index is 13.2. The summed E-state index contributed by atoms with van der Waals surface area (Å²) in [7, 11) is -1.11. The van der Waals surface area contributed by atoms with Crippen LogP contribution in [0.2, 0.25) is 0 Å². The van der Waals surface area contributed by atoms with Crippen LogP contribution in [-0.2, 0) is 25.0 Å². The van der Waals surface area contributed by atoms with Crippen LogP contribution in [-0.4, -0.2) is 36.8 Å². The van der Waals surface area contributed by atoms with Crippen LogP contribution in [0.4, 0.5) is 13.2 Å². The average molecular weight is 373 g/mol. The lowest BCUT2D eigenvalue weighted by molar-refractivity contribution is -0.137. The fourth-order valence-corrected chi connectivity index (χ4v) is 2.25. The molecule has 0 aromatic heterocycles. The van der Waals surface area contributed by atoms with Crippen molar-refractivity contribution in [3.8, 4) is 0 Å². The number of benzene rings is 1. The minimum atomic E-state index is -4.72. The number of carbonyl (C=O) groups excluding carboxylic acids is 2. The number of alkyl halides is 3. The summed E-state index contributed by atoms with van der Waals surface area (Å²) in [5.74, 6) is -2.28. The molecule has 0 amide bonds. The molecule has 1 aliphatic rings. The van der Waals surface area contributed by atoms with Crippen LogP contribution in [0.1, 0.15) is 43.6 Å². The van der Waals surface area contributed by atoms with Gasteiger partial charge in [0.1, 0.15) is 0 Å². The van der Waals surface area contributed by atoms with E-state index in [0.717, 1.165) is 12.1 Å². The summed E-state index contributed by atoms with van der Waals surface area (Å²) >= 11 is 0. The second kappa shape index (κ2) is 6.68. The predicted molar refractivity (Wildman–Crippen MR) is 86.6 cm³/mol. The van der Waals surface area contributed by atoms with E-state index in [9.17, 15) is 22.8 Å². The number of hydrogen-bond acceptors (Lipinski definition) is 6. The van der Waals surface area contributed by atoms with Crippen molar-refractivity contribution in [3.05, 3.63) is 29.3 Å². The van der Waals surface area contributed by atoms with E-state index in [4.69, 9.17) is 15.0 Å². The molecule has 0 radical (unpaired) electrons. The molecule has 1 saturated heterocycles. The lowest BCUT2D eigenvalue weighted by Gasteiger charge is -2.32. The van der Waals surface area contributed by atoms with Gasteiger partial charge in [-0.05, 0) is 45.3 Å². The van der Waals surface area contributed by atoms with Gasteiger partial charge in [-0.2, -0.15) is 13.2 Å². The molecule has 10 heteroatoms. The van der Waals surface area contributed by atoms with Crippen LogP contribution in [0, 0.1) is 0 Å². The Kier molecular flexibility index (Phi) is 5.24. The molecule has 1 fully saturated rings. The molecular formula is C16H19BF3NO5. The normalized spacial score (nSPS) is 18.7. The smallest absolute Gasteiger partial charge is 0.399 e. The van der Waals surface area contributed by atoms with Crippen molar-refractivity contribution >= 4 is 24.5 Å². The Morgan fingerprint density at radius 1 is 1.12 bits per heavy atom. The van der Waals surface area contributed by atoms with Gasteiger partial charge >= 0.3 is 25.2 Å². The number of rotatable bonds is 3. The third kappa shape index (κ3) is 4.08. The minimum Gasteiger partial charge on any atom is -0.399 e. The SMILES string of the molecule is CC1(C)OB(c2cc(C(=O)OC(=O)CN)cc(C(F)(F)F)c2)OC1(C)C. The maximum absolute atomic E-state index is 13.2. The van der Waals surface area contributed by atoms with Crippen LogP contribution >= 0.6 is 0 Å². The molecule has 6 nitrogen and oxygen atoms in total. The summed E-state index contributed by atoms with van der Waals surface area (Å²) in [5, 5.41) is 0. The zero-order valence-corrected chi connectivity index (χ0v) is 14.8. The van der Waals surface area contributed by atoms with Crippen molar-refractivity contribution in [1.82, 2.24) is 0 Å². The quantitative estimate of drug-likeness (QED) is 0.493. The van der Waals surface area contributed by atoms with Crippen LogP contribution in [0.15, 0.2) is 18.2 Å². The second-order valence-electron chi connectivity index (χ2n) is 6.90. The summed E-state index contributed by atoms with van der Waals surface area (Å²) < 4.78 is 55.5. The van der Waals surface area contributed by atoms with E-state index < -0.39 is 54.1 Å². The Morgan fingerprint density at radius 3 is 2.12 bits per heavy atom. The van der Waals surface area contributed by atoms with E-state index in [1.807, 2.05) is 0 Å². The van der Waals surface area contributed by atoms with Gasteiger partial charge in [-0.1, -0.05) is 6.07 Å². The standard InChI is InChI=1S/C16H19BF3NO5/c1-14(2)15(3,4)26-17(25-14)11-6-9(13(23)24-12(22)8-21)5-10(7-11)16(18,19)20/h5-7H,8,21H2,1-4H3. The van der Waals surface area contributed by atoms with Crippen LogP contribution in [0.3, 0.4) is 0 Å².